The van der Waals surface area contributed by atoms with E-state index in [4.69, 9.17) is 9.52 Å². The smallest absolute Gasteiger partial charge is 0.358 e. The van der Waals surface area contributed by atoms with E-state index in [1.807, 2.05) is 0 Å². The van der Waals surface area contributed by atoms with Crippen molar-refractivity contribution >= 4 is 11.7 Å². The number of carboxylic acid groups (broad SMARTS) is 1. The Morgan fingerprint density at radius 1 is 1.37 bits per heavy atom. The van der Waals surface area contributed by atoms with Crippen LogP contribution in [0.4, 0.5) is 14.5 Å². The summed E-state index contributed by atoms with van der Waals surface area (Å²) in [5.74, 6) is -4.82. The van der Waals surface area contributed by atoms with E-state index in [2.05, 4.69) is 4.98 Å². The first-order chi connectivity index (χ1) is 8.91. The van der Waals surface area contributed by atoms with E-state index >= 15 is 0 Å². The van der Waals surface area contributed by atoms with Crippen LogP contribution in [0.3, 0.4) is 0 Å². The maximum absolute atomic E-state index is 13.1. The number of carboxylic acids is 1. The Morgan fingerprint density at radius 3 is 2.58 bits per heavy atom. The van der Waals surface area contributed by atoms with Crippen molar-refractivity contribution in [1.82, 2.24) is 4.98 Å². The minimum atomic E-state index is -1.51. The van der Waals surface area contributed by atoms with Gasteiger partial charge < -0.3 is 9.52 Å². The van der Waals surface area contributed by atoms with Crippen molar-refractivity contribution in [3.63, 3.8) is 0 Å². The molecule has 1 aromatic heterocycles. The minimum absolute atomic E-state index is 0.346. The van der Waals surface area contributed by atoms with Gasteiger partial charge in [-0.15, -0.1) is 0 Å². The molecule has 0 radical (unpaired) electrons. The standard InChI is InChI=1S/C10H4F2N2O5/c11-5-1-4(7(14(17)18)2-6(5)12)9-8(10(15)16)13-3-19-9/h1-3H,(H,15,16). The molecule has 1 heterocycles. The van der Waals surface area contributed by atoms with E-state index in [0.717, 1.165) is 6.39 Å². The lowest BCUT2D eigenvalue weighted by molar-refractivity contribution is -0.384. The summed E-state index contributed by atoms with van der Waals surface area (Å²) in [7, 11) is 0. The Kier molecular flexibility index (Phi) is 2.95. The predicted molar refractivity (Wildman–Crippen MR) is 55.5 cm³/mol. The lowest BCUT2D eigenvalue weighted by Gasteiger charge is -2.01. The van der Waals surface area contributed by atoms with Gasteiger partial charge in [0.2, 0.25) is 0 Å². The van der Waals surface area contributed by atoms with Crippen LogP contribution in [0, 0.1) is 21.7 Å². The molecule has 0 aliphatic carbocycles. The van der Waals surface area contributed by atoms with Gasteiger partial charge in [-0.3, -0.25) is 10.1 Å². The number of oxazole rings is 1. The number of benzene rings is 1. The Labute approximate surface area is 103 Å². The molecule has 0 spiro atoms. The molecule has 0 bridgehead atoms. The van der Waals surface area contributed by atoms with Crippen molar-refractivity contribution in [3.05, 3.63) is 46.0 Å². The Balaban J connectivity index is 2.74. The van der Waals surface area contributed by atoms with Gasteiger partial charge in [0.1, 0.15) is 5.56 Å². The number of carbonyl (C=O) groups is 1. The van der Waals surface area contributed by atoms with Gasteiger partial charge in [0.25, 0.3) is 5.69 Å². The molecule has 19 heavy (non-hydrogen) atoms. The van der Waals surface area contributed by atoms with Crippen molar-refractivity contribution in [3.8, 4) is 11.3 Å². The topological polar surface area (TPSA) is 106 Å². The molecule has 2 aromatic rings. The molecule has 1 N–H and O–H groups in total. The molecule has 9 heteroatoms. The maximum Gasteiger partial charge on any atom is 0.358 e. The van der Waals surface area contributed by atoms with Crippen LogP contribution < -0.4 is 0 Å². The lowest BCUT2D eigenvalue weighted by Crippen LogP contribution is -2.01. The van der Waals surface area contributed by atoms with Crippen LogP contribution in [0.2, 0.25) is 0 Å². The molecule has 0 fully saturated rings. The highest BCUT2D eigenvalue weighted by Gasteiger charge is 2.27. The second-order valence-corrected chi connectivity index (χ2v) is 3.38. The Morgan fingerprint density at radius 2 is 2.00 bits per heavy atom. The van der Waals surface area contributed by atoms with E-state index < -0.39 is 45.2 Å². The van der Waals surface area contributed by atoms with Crippen LogP contribution in [0.15, 0.2) is 22.9 Å². The van der Waals surface area contributed by atoms with Crippen molar-refractivity contribution in [2.75, 3.05) is 0 Å². The highest BCUT2D eigenvalue weighted by atomic mass is 19.2. The van der Waals surface area contributed by atoms with Crippen molar-refractivity contribution in [2.45, 2.75) is 0 Å². The third kappa shape index (κ3) is 2.12. The van der Waals surface area contributed by atoms with Crippen molar-refractivity contribution in [2.24, 2.45) is 0 Å². The average molecular weight is 270 g/mol. The van der Waals surface area contributed by atoms with E-state index in [1.165, 1.54) is 0 Å². The molecular formula is C10H4F2N2O5. The third-order valence-electron chi connectivity index (χ3n) is 2.25. The summed E-state index contributed by atoms with van der Waals surface area (Å²) in [4.78, 5) is 24.0. The van der Waals surface area contributed by atoms with Crippen molar-refractivity contribution < 1.29 is 28.0 Å². The number of nitrogens with zero attached hydrogens (tertiary/aromatic N) is 2. The second-order valence-electron chi connectivity index (χ2n) is 3.38. The minimum Gasteiger partial charge on any atom is -0.476 e. The van der Waals surface area contributed by atoms with Gasteiger partial charge in [-0.25, -0.2) is 18.6 Å². The Hall–Kier alpha value is -2.84. The molecule has 2 rings (SSSR count). The van der Waals surface area contributed by atoms with Gasteiger partial charge in [-0.1, -0.05) is 0 Å². The van der Waals surface area contributed by atoms with Gasteiger partial charge in [0, 0.05) is 0 Å². The third-order valence-corrected chi connectivity index (χ3v) is 2.25. The number of nitro benzene ring substituents is 1. The molecule has 0 saturated heterocycles. The predicted octanol–water partition coefficient (Wildman–Crippen LogP) is 2.23. The van der Waals surface area contributed by atoms with Crippen LogP contribution in [-0.2, 0) is 0 Å². The normalized spacial score (nSPS) is 10.4. The number of halogens is 2. The summed E-state index contributed by atoms with van der Waals surface area (Å²) < 4.78 is 30.8. The van der Waals surface area contributed by atoms with E-state index in [0.29, 0.717) is 12.1 Å². The zero-order chi connectivity index (χ0) is 14.2. The fraction of sp³-hybridized carbons (Fsp3) is 0. The van der Waals surface area contributed by atoms with E-state index in [1.54, 1.807) is 0 Å². The number of aromatic carboxylic acids is 1. The molecule has 0 unspecified atom stereocenters. The van der Waals surface area contributed by atoms with Crippen LogP contribution in [0.1, 0.15) is 10.5 Å². The summed E-state index contributed by atoms with van der Waals surface area (Å²) in [5, 5.41) is 19.6. The number of aromatic nitrogens is 1. The zero-order valence-corrected chi connectivity index (χ0v) is 8.96. The SMILES string of the molecule is O=C(O)c1ncoc1-c1cc(F)c(F)cc1[N+](=O)[O-]. The fourth-order valence-electron chi connectivity index (χ4n) is 1.46. The number of hydrogen-bond acceptors (Lipinski definition) is 5. The van der Waals surface area contributed by atoms with Crippen LogP contribution in [0.5, 0.6) is 0 Å². The summed E-state index contributed by atoms with van der Waals surface area (Å²) in [5.41, 5.74) is -1.95. The molecule has 7 nitrogen and oxygen atoms in total. The number of hydrogen-bond donors (Lipinski definition) is 1. The Bertz CT molecular complexity index is 683. The van der Waals surface area contributed by atoms with Crippen molar-refractivity contribution in [1.29, 1.82) is 0 Å². The largest absolute Gasteiger partial charge is 0.476 e. The monoisotopic (exact) mass is 270 g/mol. The molecule has 0 aliphatic heterocycles. The second kappa shape index (κ2) is 4.44. The summed E-state index contributed by atoms with van der Waals surface area (Å²) in [6.07, 6.45) is 0.740. The maximum atomic E-state index is 13.1. The fourth-order valence-corrected chi connectivity index (χ4v) is 1.46. The highest BCUT2D eigenvalue weighted by Crippen LogP contribution is 2.33. The summed E-state index contributed by atoms with van der Waals surface area (Å²) >= 11 is 0. The van der Waals surface area contributed by atoms with Gasteiger partial charge in [-0.2, -0.15) is 0 Å². The van der Waals surface area contributed by atoms with E-state index in [-0.39, 0.29) is 0 Å². The lowest BCUT2D eigenvalue weighted by atomic mass is 10.1. The van der Waals surface area contributed by atoms with Gasteiger partial charge >= 0.3 is 5.97 Å². The van der Waals surface area contributed by atoms with Gasteiger partial charge in [0.05, 0.1) is 11.0 Å². The molecule has 0 amide bonds. The quantitative estimate of drug-likeness (QED) is 0.676. The van der Waals surface area contributed by atoms with E-state index in [9.17, 15) is 23.7 Å². The average Bonchev–Trinajstić information content (AvgIpc) is 2.80. The number of rotatable bonds is 3. The molecule has 0 aliphatic rings. The summed E-state index contributed by atoms with van der Waals surface area (Å²) in [6.45, 7) is 0. The molecule has 0 atom stereocenters. The summed E-state index contributed by atoms with van der Waals surface area (Å²) in [6, 6.07) is 0.833. The van der Waals surface area contributed by atoms with Gasteiger partial charge in [0.15, 0.2) is 29.5 Å². The van der Waals surface area contributed by atoms with Crippen LogP contribution in [-0.4, -0.2) is 21.0 Å². The first-order valence-corrected chi connectivity index (χ1v) is 4.72. The molecular weight excluding hydrogens is 266 g/mol. The zero-order valence-electron chi connectivity index (χ0n) is 8.96. The highest BCUT2D eigenvalue weighted by molar-refractivity contribution is 5.93. The number of nitro groups is 1. The van der Waals surface area contributed by atoms with Gasteiger partial charge in [-0.05, 0) is 6.07 Å². The first kappa shape index (κ1) is 12.6. The van der Waals surface area contributed by atoms with Crippen LogP contribution >= 0.6 is 0 Å². The molecule has 1 aromatic carbocycles. The van der Waals surface area contributed by atoms with Crippen LogP contribution in [0.25, 0.3) is 11.3 Å². The molecule has 0 saturated carbocycles. The molecule has 98 valence electrons. The first-order valence-electron chi connectivity index (χ1n) is 4.72.